The van der Waals surface area contributed by atoms with Gasteiger partial charge in [0, 0.05) is 13.0 Å². The van der Waals surface area contributed by atoms with Gasteiger partial charge in [-0.3, -0.25) is 4.79 Å². The van der Waals surface area contributed by atoms with Crippen molar-refractivity contribution in [2.24, 2.45) is 0 Å². The van der Waals surface area contributed by atoms with Gasteiger partial charge < -0.3 is 15.2 Å². The molecule has 2 aromatic carbocycles. The quantitative estimate of drug-likeness (QED) is 0.463. The molecular formula is C21H28ClNO3. The van der Waals surface area contributed by atoms with E-state index in [0.717, 1.165) is 18.5 Å². The van der Waals surface area contributed by atoms with Crippen LogP contribution in [0, 0.1) is 0 Å². The standard InChI is InChI=1S/C21H27NO3.ClH/c1-2-14-22-15-18(23)16-25-21-11-7-6-10-19(21)20(24)13-12-17-8-4-3-5-9-17;/h3-11,18,22-23H,2,12-16H2,1H3;1H/t18-;/m0./s1. The first-order valence-corrected chi connectivity index (χ1v) is 8.88. The van der Waals surface area contributed by atoms with Crippen LogP contribution in [0.2, 0.25) is 0 Å². The molecule has 26 heavy (non-hydrogen) atoms. The molecule has 2 aromatic rings. The molecule has 0 bridgehead atoms. The summed E-state index contributed by atoms with van der Waals surface area (Å²) in [7, 11) is 0. The van der Waals surface area contributed by atoms with Crippen molar-refractivity contribution < 1.29 is 14.6 Å². The number of ketones is 1. The zero-order valence-corrected chi connectivity index (χ0v) is 16.0. The van der Waals surface area contributed by atoms with E-state index in [1.165, 1.54) is 0 Å². The summed E-state index contributed by atoms with van der Waals surface area (Å²) < 4.78 is 5.69. The number of hydrogen-bond donors (Lipinski definition) is 2. The minimum absolute atomic E-state index is 0. The van der Waals surface area contributed by atoms with Gasteiger partial charge >= 0.3 is 0 Å². The van der Waals surface area contributed by atoms with E-state index in [9.17, 15) is 9.90 Å². The molecule has 0 spiro atoms. The van der Waals surface area contributed by atoms with E-state index in [1.807, 2.05) is 42.5 Å². The topological polar surface area (TPSA) is 58.6 Å². The molecule has 0 amide bonds. The lowest BCUT2D eigenvalue weighted by molar-refractivity contribution is 0.0950. The van der Waals surface area contributed by atoms with Gasteiger partial charge in [-0.05, 0) is 37.1 Å². The van der Waals surface area contributed by atoms with E-state index in [4.69, 9.17) is 4.74 Å². The van der Waals surface area contributed by atoms with Gasteiger partial charge in [0.05, 0.1) is 5.56 Å². The third-order valence-electron chi connectivity index (χ3n) is 3.91. The summed E-state index contributed by atoms with van der Waals surface area (Å²) in [5.41, 5.74) is 1.72. The molecule has 0 aromatic heterocycles. The fraction of sp³-hybridized carbons (Fsp3) is 0.381. The van der Waals surface area contributed by atoms with E-state index in [-0.39, 0.29) is 24.8 Å². The molecule has 0 radical (unpaired) electrons. The molecule has 2 N–H and O–H groups in total. The van der Waals surface area contributed by atoms with Gasteiger partial charge in [0.2, 0.25) is 0 Å². The van der Waals surface area contributed by atoms with Crippen molar-refractivity contribution in [3.05, 3.63) is 65.7 Å². The van der Waals surface area contributed by atoms with Crippen LogP contribution in [0.5, 0.6) is 5.75 Å². The molecule has 0 heterocycles. The van der Waals surface area contributed by atoms with Gasteiger partial charge in [-0.2, -0.15) is 0 Å². The molecule has 0 saturated heterocycles. The number of aryl methyl sites for hydroxylation is 1. The summed E-state index contributed by atoms with van der Waals surface area (Å²) in [6, 6.07) is 17.2. The monoisotopic (exact) mass is 377 g/mol. The summed E-state index contributed by atoms with van der Waals surface area (Å²) in [4.78, 5) is 12.5. The second kappa shape index (κ2) is 12.5. The highest BCUT2D eigenvalue weighted by Gasteiger charge is 2.13. The minimum atomic E-state index is -0.598. The van der Waals surface area contributed by atoms with Gasteiger partial charge in [-0.15, -0.1) is 12.4 Å². The van der Waals surface area contributed by atoms with Crippen LogP contribution in [-0.4, -0.2) is 36.7 Å². The fourth-order valence-electron chi connectivity index (χ4n) is 2.55. The maximum absolute atomic E-state index is 12.5. The molecule has 0 fully saturated rings. The van der Waals surface area contributed by atoms with Crippen molar-refractivity contribution in [3.63, 3.8) is 0 Å². The Hall–Kier alpha value is -1.88. The number of hydrogen-bond acceptors (Lipinski definition) is 4. The smallest absolute Gasteiger partial charge is 0.166 e. The largest absolute Gasteiger partial charge is 0.490 e. The number of carbonyl (C=O) groups excluding carboxylic acids is 1. The number of para-hydroxylation sites is 1. The molecule has 0 aliphatic rings. The van der Waals surface area contributed by atoms with Crippen molar-refractivity contribution in [1.29, 1.82) is 0 Å². The van der Waals surface area contributed by atoms with Crippen LogP contribution in [0.15, 0.2) is 54.6 Å². The summed E-state index contributed by atoms with van der Waals surface area (Å²) in [6.07, 6.45) is 1.56. The van der Waals surface area contributed by atoms with Crippen molar-refractivity contribution in [1.82, 2.24) is 5.32 Å². The highest BCUT2D eigenvalue weighted by Crippen LogP contribution is 2.20. The normalized spacial score (nSPS) is 11.5. The first-order chi connectivity index (χ1) is 12.2. The van der Waals surface area contributed by atoms with E-state index in [2.05, 4.69) is 12.2 Å². The number of benzene rings is 2. The molecule has 0 unspecified atom stereocenters. The SMILES string of the molecule is CCCNC[C@H](O)COc1ccccc1C(=O)CCc1ccccc1.Cl. The van der Waals surface area contributed by atoms with Gasteiger partial charge in [-0.1, -0.05) is 49.4 Å². The lowest BCUT2D eigenvalue weighted by Gasteiger charge is -2.15. The molecule has 1 atom stereocenters. The minimum Gasteiger partial charge on any atom is -0.490 e. The summed E-state index contributed by atoms with van der Waals surface area (Å²) >= 11 is 0. The molecule has 142 valence electrons. The third kappa shape index (κ3) is 7.56. The van der Waals surface area contributed by atoms with Gasteiger partial charge in [0.25, 0.3) is 0 Å². The Balaban J connectivity index is 0.00000338. The highest BCUT2D eigenvalue weighted by molar-refractivity contribution is 5.98. The first kappa shape index (κ1) is 22.2. The van der Waals surface area contributed by atoms with Crippen molar-refractivity contribution in [2.75, 3.05) is 19.7 Å². The summed E-state index contributed by atoms with van der Waals surface area (Å²) in [5, 5.41) is 13.1. The first-order valence-electron chi connectivity index (χ1n) is 8.88. The predicted octanol–water partition coefficient (Wildman–Crippen LogP) is 3.66. The van der Waals surface area contributed by atoms with E-state index < -0.39 is 6.10 Å². The Morgan fingerprint density at radius 2 is 1.81 bits per heavy atom. The Kier molecular flexibility index (Phi) is 10.6. The van der Waals surface area contributed by atoms with Gasteiger partial charge in [0.1, 0.15) is 18.5 Å². The molecule has 2 rings (SSSR count). The Morgan fingerprint density at radius 3 is 2.54 bits per heavy atom. The molecule has 4 nitrogen and oxygen atoms in total. The summed E-state index contributed by atoms with van der Waals surface area (Å²) in [6.45, 7) is 3.59. The van der Waals surface area contributed by atoms with Crippen LogP contribution in [0.3, 0.4) is 0 Å². The number of aliphatic hydroxyl groups is 1. The van der Waals surface area contributed by atoms with Crippen LogP contribution in [-0.2, 0) is 6.42 Å². The second-order valence-electron chi connectivity index (χ2n) is 6.07. The number of rotatable bonds is 11. The maximum atomic E-state index is 12.5. The molecular weight excluding hydrogens is 350 g/mol. The molecule has 5 heteroatoms. The number of halogens is 1. The lowest BCUT2D eigenvalue weighted by Crippen LogP contribution is -2.32. The van der Waals surface area contributed by atoms with Gasteiger partial charge in [-0.25, -0.2) is 0 Å². The van der Waals surface area contributed by atoms with Crippen molar-refractivity contribution in [2.45, 2.75) is 32.3 Å². The zero-order valence-electron chi connectivity index (χ0n) is 15.2. The summed E-state index contributed by atoms with van der Waals surface area (Å²) in [5.74, 6) is 0.591. The lowest BCUT2D eigenvalue weighted by atomic mass is 10.0. The molecule has 0 saturated carbocycles. The van der Waals surface area contributed by atoms with E-state index in [0.29, 0.717) is 30.7 Å². The van der Waals surface area contributed by atoms with Gasteiger partial charge in [0.15, 0.2) is 5.78 Å². The fourth-order valence-corrected chi connectivity index (χ4v) is 2.55. The average Bonchev–Trinajstić information content (AvgIpc) is 2.66. The van der Waals surface area contributed by atoms with Crippen LogP contribution >= 0.6 is 12.4 Å². The number of nitrogens with one attached hydrogen (secondary N) is 1. The number of aliphatic hydroxyl groups excluding tert-OH is 1. The number of ether oxygens (including phenoxy) is 1. The zero-order chi connectivity index (χ0) is 17.9. The highest BCUT2D eigenvalue weighted by atomic mass is 35.5. The van der Waals surface area contributed by atoms with Crippen molar-refractivity contribution >= 4 is 18.2 Å². The van der Waals surface area contributed by atoms with Crippen LogP contribution < -0.4 is 10.1 Å². The Bertz CT molecular complexity index is 649. The third-order valence-corrected chi connectivity index (χ3v) is 3.91. The Morgan fingerprint density at radius 1 is 1.12 bits per heavy atom. The second-order valence-corrected chi connectivity index (χ2v) is 6.07. The van der Waals surface area contributed by atoms with Crippen LogP contribution in [0.25, 0.3) is 0 Å². The predicted molar refractivity (Wildman–Crippen MR) is 107 cm³/mol. The van der Waals surface area contributed by atoms with E-state index in [1.54, 1.807) is 12.1 Å². The van der Waals surface area contributed by atoms with Crippen LogP contribution in [0.4, 0.5) is 0 Å². The average molecular weight is 378 g/mol. The molecule has 0 aliphatic carbocycles. The van der Waals surface area contributed by atoms with Crippen LogP contribution in [0.1, 0.15) is 35.7 Å². The Labute approximate surface area is 162 Å². The van der Waals surface area contributed by atoms with Crippen molar-refractivity contribution in [3.8, 4) is 5.75 Å². The molecule has 0 aliphatic heterocycles. The van der Waals surface area contributed by atoms with E-state index >= 15 is 0 Å². The maximum Gasteiger partial charge on any atom is 0.166 e. The number of Topliss-reactive ketones (excluding diaryl/α,β-unsaturated/α-hetero) is 1. The number of carbonyl (C=O) groups is 1.